The molecule has 0 saturated heterocycles. The molecule has 2 aliphatic rings. The zero-order chi connectivity index (χ0) is 17.6. The summed E-state index contributed by atoms with van der Waals surface area (Å²) in [7, 11) is 0. The minimum Gasteiger partial charge on any atom is -0.371 e. The van der Waals surface area contributed by atoms with Crippen LogP contribution in [0.4, 0.5) is 11.4 Å². The van der Waals surface area contributed by atoms with Crippen molar-refractivity contribution >= 4 is 11.4 Å². The Hall–Kier alpha value is -2.03. The van der Waals surface area contributed by atoms with Gasteiger partial charge in [-0.3, -0.25) is 4.98 Å². The Balaban J connectivity index is 0.000000146. The average molecular weight is 338 g/mol. The smallest absolute Gasteiger partial charge is 0.0429 e. The maximum absolute atomic E-state index is 4.14. The van der Waals surface area contributed by atoms with E-state index in [0.717, 1.165) is 6.54 Å². The van der Waals surface area contributed by atoms with Gasteiger partial charge in [0.25, 0.3) is 0 Å². The van der Waals surface area contributed by atoms with E-state index in [0.29, 0.717) is 6.04 Å². The zero-order valence-corrected chi connectivity index (χ0v) is 15.9. The summed E-state index contributed by atoms with van der Waals surface area (Å²) in [6, 6.07) is 11.5. The molecule has 4 rings (SSSR count). The van der Waals surface area contributed by atoms with Gasteiger partial charge in [0, 0.05) is 49.4 Å². The summed E-state index contributed by atoms with van der Waals surface area (Å²) >= 11 is 0. The molecule has 1 aromatic heterocycles. The van der Waals surface area contributed by atoms with Gasteiger partial charge in [0.15, 0.2) is 0 Å². The average Bonchev–Trinajstić information content (AvgIpc) is 2.67. The molecule has 0 aliphatic carbocycles. The molecule has 0 unspecified atom stereocenters. The summed E-state index contributed by atoms with van der Waals surface area (Å²) in [6.45, 7) is 10.3. The van der Waals surface area contributed by atoms with Crippen molar-refractivity contribution in [3.05, 3.63) is 53.9 Å². The molecule has 0 amide bonds. The molecule has 2 aliphatic heterocycles. The second-order valence-electron chi connectivity index (χ2n) is 7.21. The predicted molar refractivity (Wildman–Crippen MR) is 108 cm³/mol. The molecule has 0 spiro atoms. The van der Waals surface area contributed by atoms with Crippen LogP contribution in [0.5, 0.6) is 0 Å². The van der Waals surface area contributed by atoms with Crippen LogP contribution in [0, 0.1) is 0 Å². The lowest BCUT2D eigenvalue weighted by atomic mass is 10.0. The van der Waals surface area contributed by atoms with Crippen molar-refractivity contribution in [2.45, 2.75) is 52.5 Å². The Labute approximate surface area is 152 Å². The third-order valence-corrected chi connectivity index (χ3v) is 5.24. The topological polar surface area (TPSA) is 19.4 Å². The molecule has 3 heterocycles. The minimum absolute atomic E-state index is 0.626. The van der Waals surface area contributed by atoms with Crippen LogP contribution in [-0.2, 0) is 12.8 Å². The van der Waals surface area contributed by atoms with Crippen LogP contribution >= 0.6 is 0 Å². The molecule has 0 fully saturated rings. The van der Waals surface area contributed by atoms with Gasteiger partial charge >= 0.3 is 0 Å². The van der Waals surface area contributed by atoms with Crippen LogP contribution in [0.3, 0.4) is 0 Å². The fraction of sp³-hybridized carbons (Fsp3) is 0.500. The highest BCUT2D eigenvalue weighted by atomic mass is 15.2. The number of hydrogen-bond acceptors (Lipinski definition) is 3. The molecular formula is C22H31N3. The van der Waals surface area contributed by atoms with Crippen molar-refractivity contribution in [3.63, 3.8) is 0 Å². The highest BCUT2D eigenvalue weighted by molar-refractivity contribution is 5.56. The number of hydrogen-bond donors (Lipinski definition) is 0. The van der Waals surface area contributed by atoms with E-state index >= 15 is 0 Å². The third-order valence-electron chi connectivity index (χ3n) is 5.24. The first-order chi connectivity index (χ1) is 12.2. The molecule has 25 heavy (non-hydrogen) atoms. The van der Waals surface area contributed by atoms with Crippen molar-refractivity contribution < 1.29 is 0 Å². The van der Waals surface area contributed by atoms with Gasteiger partial charge in [0.1, 0.15) is 0 Å². The number of fused-ring (bicyclic) bond motifs is 2. The van der Waals surface area contributed by atoms with E-state index in [2.05, 4.69) is 65.9 Å². The lowest BCUT2D eigenvalue weighted by Crippen LogP contribution is -2.35. The minimum atomic E-state index is 0.626. The second kappa shape index (κ2) is 8.37. The zero-order valence-electron chi connectivity index (χ0n) is 15.9. The summed E-state index contributed by atoms with van der Waals surface area (Å²) in [5.74, 6) is 0. The fourth-order valence-electron chi connectivity index (χ4n) is 3.93. The highest BCUT2D eigenvalue weighted by Crippen LogP contribution is 2.28. The Morgan fingerprint density at radius 3 is 2.52 bits per heavy atom. The van der Waals surface area contributed by atoms with E-state index in [1.807, 2.05) is 12.4 Å². The molecule has 0 N–H and O–H groups in total. The van der Waals surface area contributed by atoms with Gasteiger partial charge in [-0.1, -0.05) is 18.2 Å². The number of pyridine rings is 1. The molecule has 3 heteroatoms. The number of para-hydroxylation sites is 1. The quantitative estimate of drug-likeness (QED) is 0.792. The Bertz CT molecular complexity index is 680. The van der Waals surface area contributed by atoms with E-state index in [4.69, 9.17) is 0 Å². The van der Waals surface area contributed by atoms with Crippen molar-refractivity contribution in [1.82, 2.24) is 4.98 Å². The van der Waals surface area contributed by atoms with Gasteiger partial charge in [-0.15, -0.1) is 0 Å². The van der Waals surface area contributed by atoms with Crippen molar-refractivity contribution in [2.75, 3.05) is 29.4 Å². The van der Waals surface area contributed by atoms with E-state index in [1.54, 1.807) is 0 Å². The largest absolute Gasteiger partial charge is 0.371 e. The molecule has 134 valence electrons. The highest BCUT2D eigenvalue weighted by Gasteiger charge is 2.17. The number of benzene rings is 1. The number of aryl methyl sites for hydroxylation is 2. The van der Waals surface area contributed by atoms with E-state index < -0.39 is 0 Å². The molecule has 0 radical (unpaired) electrons. The first kappa shape index (κ1) is 17.8. The van der Waals surface area contributed by atoms with E-state index in [1.165, 1.54) is 61.3 Å². The van der Waals surface area contributed by atoms with Gasteiger partial charge in [-0.2, -0.15) is 0 Å². The molecule has 3 nitrogen and oxygen atoms in total. The molecule has 0 saturated carbocycles. The van der Waals surface area contributed by atoms with Crippen LogP contribution in [0.2, 0.25) is 0 Å². The van der Waals surface area contributed by atoms with Crippen molar-refractivity contribution in [2.24, 2.45) is 0 Å². The van der Waals surface area contributed by atoms with E-state index in [-0.39, 0.29) is 0 Å². The third kappa shape index (κ3) is 4.15. The van der Waals surface area contributed by atoms with Gasteiger partial charge < -0.3 is 9.80 Å². The van der Waals surface area contributed by atoms with Crippen LogP contribution in [-0.4, -0.2) is 30.7 Å². The normalized spacial score (nSPS) is 16.0. The predicted octanol–water partition coefficient (Wildman–Crippen LogP) is 4.70. The van der Waals surface area contributed by atoms with Gasteiger partial charge in [0.2, 0.25) is 0 Å². The summed E-state index contributed by atoms with van der Waals surface area (Å²) in [6.07, 6.45) is 8.89. The fourth-order valence-corrected chi connectivity index (χ4v) is 3.93. The maximum atomic E-state index is 4.14. The van der Waals surface area contributed by atoms with Gasteiger partial charge in [0.05, 0.1) is 0 Å². The van der Waals surface area contributed by atoms with Crippen LogP contribution in [0.15, 0.2) is 42.7 Å². The summed E-state index contributed by atoms with van der Waals surface area (Å²) in [4.78, 5) is 9.06. The Morgan fingerprint density at radius 2 is 1.72 bits per heavy atom. The Kier molecular flexibility index (Phi) is 5.95. The van der Waals surface area contributed by atoms with Crippen LogP contribution in [0.25, 0.3) is 0 Å². The molecule has 0 atom stereocenters. The number of aromatic nitrogens is 1. The first-order valence-corrected chi connectivity index (χ1v) is 9.73. The lowest BCUT2D eigenvalue weighted by Gasteiger charge is -2.34. The van der Waals surface area contributed by atoms with Crippen molar-refractivity contribution in [1.29, 1.82) is 0 Å². The molecule has 0 bridgehead atoms. The monoisotopic (exact) mass is 337 g/mol. The summed E-state index contributed by atoms with van der Waals surface area (Å²) < 4.78 is 0. The lowest BCUT2D eigenvalue weighted by molar-refractivity contribution is 0.626. The first-order valence-electron chi connectivity index (χ1n) is 9.73. The maximum Gasteiger partial charge on any atom is 0.0429 e. The summed E-state index contributed by atoms with van der Waals surface area (Å²) in [5, 5.41) is 0. The molecule has 1 aromatic carbocycles. The Morgan fingerprint density at radius 1 is 0.960 bits per heavy atom. The van der Waals surface area contributed by atoms with Crippen LogP contribution < -0.4 is 9.80 Å². The van der Waals surface area contributed by atoms with Crippen LogP contribution in [0.1, 0.15) is 44.7 Å². The van der Waals surface area contributed by atoms with Gasteiger partial charge in [-0.05, 0) is 69.7 Å². The number of anilines is 2. The molecule has 2 aromatic rings. The number of rotatable bonds is 2. The second-order valence-corrected chi connectivity index (χ2v) is 7.21. The summed E-state index contributed by atoms with van der Waals surface area (Å²) in [5.41, 5.74) is 5.76. The van der Waals surface area contributed by atoms with Crippen molar-refractivity contribution in [3.8, 4) is 0 Å². The number of nitrogens with zero attached hydrogens (tertiary/aromatic N) is 3. The van der Waals surface area contributed by atoms with E-state index in [9.17, 15) is 0 Å². The standard InChI is InChI=1S/C12H17N.C10H14N2/c1-10(2)13-9-5-7-11-6-3-4-8-12(11)13;1-2-12-7-3-4-9-8-11-6-5-10(9)12/h3-4,6,8,10H,5,7,9H2,1-2H3;5-6,8H,2-4,7H2,1H3. The SMILES string of the molecule is CC(C)N1CCCc2ccccc21.CCN1CCCc2cnccc21. The van der Waals surface area contributed by atoms with Gasteiger partial charge in [-0.25, -0.2) is 0 Å². The molecular weight excluding hydrogens is 306 g/mol.